The van der Waals surface area contributed by atoms with E-state index in [1.165, 1.54) is 18.2 Å². The zero-order chi connectivity index (χ0) is 14.3. The van der Waals surface area contributed by atoms with Crippen molar-refractivity contribution >= 4 is 5.97 Å². The van der Waals surface area contributed by atoms with Gasteiger partial charge in [-0.3, -0.25) is 0 Å². The quantitative estimate of drug-likeness (QED) is 0.366. The summed E-state index contributed by atoms with van der Waals surface area (Å²) in [5.41, 5.74) is 0. The molecule has 1 rings (SSSR count). The van der Waals surface area contributed by atoms with Gasteiger partial charge in [-0.15, -0.1) is 13.2 Å². The second-order valence-corrected chi connectivity index (χ2v) is 3.44. The van der Waals surface area contributed by atoms with Gasteiger partial charge in [-0.05, 0) is 18.6 Å². The first-order chi connectivity index (χ1) is 8.92. The molecule has 0 bridgehead atoms. The van der Waals surface area contributed by atoms with E-state index >= 15 is 0 Å². The molecule has 19 heavy (non-hydrogen) atoms. The van der Waals surface area contributed by atoms with Gasteiger partial charge in [0.25, 0.3) is 0 Å². The number of benzene rings is 1. The maximum absolute atomic E-state index is 12.1. The number of carbonyl (C=O) groups is 1. The third-order valence-electron chi connectivity index (χ3n) is 1.84. The van der Waals surface area contributed by atoms with Crippen LogP contribution in [0.4, 0.5) is 13.2 Å². The van der Waals surface area contributed by atoms with Crippen LogP contribution in [-0.2, 0) is 4.79 Å². The number of para-hydroxylation sites is 2. The van der Waals surface area contributed by atoms with Crippen molar-refractivity contribution < 1.29 is 27.4 Å². The van der Waals surface area contributed by atoms with E-state index in [4.69, 9.17) is 4.74 Å². The highest BCUT2D eigenvalue weighted by Gasteiger charge is 2.32. The maximum atomic E-state index is 12.1. The maximum Gasteiger partial charge on any atom is 0.573 e. The van der Waals surface area contributed by atoms with Gasteiger partial charge in [0.1, 0.15) is 0 Å². The highest BCUT2D eigenvalue weighted by Crippen LogP contribution is 2.31. The molecule has 0 amide bonds. The van der Waals surface area contributed by atoms with Gasteiger partial charge in [-0.2, -0.15) is 0 Å². The summed E-state index contributed by atoms with van der Waals surface area (Å²) in [6.07, 6.45) is -3.57. The molecule has 0 heterocycles. The topological polar surface area (TPSA) is 35.5 Å². The van der Waals surface area contributed by atoms with Crippen LogP contribution in [0.2, 0.25) is 0 Å². The summed E-state index contributed by atoms with van der Waals surface area (Å²) in [6, 6.07) is 5.00. The lowest BCUT2D eigenvalue weighted by molar-refractivity contribution is -0.275. The summed E-state index contributed by atoms with van der Waals surface area (Å²) in [5, 5.41) is 0. The predicted octanol–water partition coefficient (Wildman–Crippen LogP) is 3.29. The van der Waals surface area contributed by atoms with Gasteiger partial charge in [-0.25, -0.2) is 4.79 Å². The van der Waals surface area contributed by atoms with Gasteiger partial charge >= 0.3 is 12.3 Å². The number of hydrogen-bond acceptors (Lipinski definition) is 3. The van der Waals surface area contributed by atoms with Crippen LogP contribution in [0.3, 0.4) is 0 Å². The number of ether oxygens (including phenoxy) is 2. The summed E-state index contributed by atoms with van der Waals surface area (Å²) in [4.78, 5) is 11.3. The SMILES string of the molecule is CCCC#CC(=O)Oc1ccccc1OC(F)(F)F. The summed E-state index contributed by atoms with van der Waals surface area (Å²) in [6.45, 7) is 1.88. The summed E-state index contributed by atoms with van der Waals surface area (Å²) < 4.78 is 44.8. The van der Waals surface area contributed by atoms with E-state index in [0.29, 0.717) is 6.42 Å². The van der Waals surface area contributed by atoms with Crippen molar-refractivity contribution in [1.29, 1.82) is 0 Å². The second kappa shape index (κ2) is 6.69. The van der Waals surface area contributed by atoms with Crippen molar-refractivity contribution in [2.24, 2.45) is 0 Å². The van der Waals surface area contributed by atoms with E-state index in [0.717, 1.165) is 12.5 Å². The average Bonchev–Trinajstić information content (AvgIpc) is 2.30. The van der Waals surface area contributed by atoms with Crippen molar-refractivity contribution in [3.63, 3.8) is 0 Å². The van der Waals surface area contributed by atoms with Crippen LogP contribution in [0.1, 0.15) is 19.8 Å². The Morgan fingerprint density at radius 3 is 2.47 bits per heavy atom. The molecule has 1 aromatic rings. The molecule has 0 saturated heterocycles. The second-order valence-electron chi connectivity index (χ2n) is 3.44. The van der Waals surface area contributed by atoms with Gasteiger partial charge in [0, 0.05) is 12.3 Å². The van der Waals surface area contributed by atoms with E-state index in [1.807, 2.05) is 6.92 Å². The molecule has 0 atom stereocenters. The Morgan fingerprint density at radius 1 is 1.26 bits per heavy atom. The first-order valence-electron chi connectivity index (χ1n) is 5.48. The minimum absolute atomic E-state index is 0.323. The number of unbranched alkanes of at least 4 members (excludes halogenated alkanes) is 1. The van der Waals surface area contributed by atoms with Crippen LogP contribution >= 0.6 is 0 Å². The highest BCUT2D eigenvalue weighted by atomic mass is 19.4. The Kier molecular flexibility index (Phi) is 5.24. The smallest absolute Gasteiger partial charge is 0.413 e. The van der Waals surface area contributed by atoms with Crippen molar-refractivity contribution in [3.8, 4) is 23.3 Å². The molecule has 3 nitrogen and oxygen atoms in total. The molecular weight excluding hydrogens is 261 g/mol. The van der Waals surface area contributed by atoms with E-state index in [1.54, 1.807) is 0 Å². The Balaban J connectivity index is 2.79. The Labute approximate surface area is 108 Å². The van der Waals surface area contributed by atoms with Crippen LogP contribution in [-0.4, -0.2) is 12.3 Å². The lowest BCUT2D eigenvalue weighted by Gasteiger charge is -2.11. The number of rotatable bonds is 3. The van der Waals surface area contributed by atoms with Crippen molar-refractivity contribution in [1.82, 2.24) is 0 Å². The molecule has 0 fully saturated rings. The fourth-order valence-corrected chi connectivity index (χ4v) is 1.13. The summed E-state index contributed by atoms with van der Waals surface area (Å²) >= 11 is 0. The lowest BCUT2D eigenvalue weighted by Crippen LogP contribution is -2.18. The van der Waals surface area contributed by atoms with Crippen molar-refractivity contribution in [3.05, 3.63) is 24.3 Å². The van der Waals surface area contributed by atoms with E-state index < -0.39 is 18.1 Å². The molecule has 1 aromatic carbocycles. The molecular formula is C13H11F3O3. The van der Waals surface area contributed by atoms with Gasteiger partial charge in [0.05, 0.1) is 0 Å². The Hall–Kier alpha value is -2.16. The molecule has 0 aliphatic rings. The number of carbonyl (C=O) groups excluding carboxylic acids is 1. The molecule has 0 aliphatic heterocycles. The number of alkyl halides is 3. The van der Waals surface area contributed by atoms with Gasteiger partial charge in [0.15, 0.2) is 11.5 Å². The molecule has 0 saturated carbocycles. The van der Waals surface area contributed by atoms with Crippen LogP contribution in [0.5, 0.6) is 11.5 Å². The van der Waals surface area contributed by atoms with Gasteiger partial charge in [0.2, 0.25) is 0 Å². The molecule has 0 aromatic heterocycles. The van der Waals surface area contributed by atoms with E-state index in [2.05, 4.69) is 16.6 Å². The molecule has 0 spiro atoms. The standard InChI is InChI=1S/C13H11F3O3/c1-2-3-4-9-12(17)18-10-7-5-6-8-11(10)19-13(14,15)16/h5-8H,2-3H2,1H3. The number of hydrogen-bond donors (Lipinski definition) is 0. The largest absolute Gasteiger partial charge is 0.573 e. The van der Waals surface area contributed by atoms with Crippen LogP contribution in [0.15, 0.2) is 24.3 Å². The monoisotopic (exact) mass is 272 g/mol. The third-order valence-corrected chi connectivity index (χ3v) is 1.84. The van der Waals surface area contributed by atoms with E-state index in [-0.39, 0.29) is 5.75 Å². The predicted molar refractivity (Wildman–Crippen MR) is 61.4 cm³/mol. The zero-order valence-electron chi connectivity index (χ0n) is 10.1. The fourth-order valence-electron chi connectivity index (χ4n) is 1.13. The van der Waals surface area contributed by atoms with Gasteiger partial charge in [-0.1, -0.05) is 25.0 Å². The number of halogens is 3. The first-order valence-corrected chi connectivity index (χ1v) is 5.48. The Bertz CT molecular complexity index is 498. The lowest BCUT2D eigenvalue weighted by atomic mass is 10.3. The fraction of sp³-hybridized carbons (Fsp3) is 0.308. The normalized spacial score (nSPS) is 10.3. The summed E-state index contributed by atoms with van der Waals surface area (Å²) in [5.74, 6) is 2.88. The minimum atomic E-state index is -4.85. The summed E-state index contributed by atoms with van der Waals surface area (Å²) in [7, 11) is 0. The molecule has 102 valence electrons. The number of esters is 1. The highest BCUT2D eigenvalue weighted by molar-refractivity contribution is 5.90. The molecule has 0 radical (unpaired) electrons. The average molecular weight is 272 g/mol. The van der Waals surface area contributed by atoms with Crippen LogP contribution in [0, 0.1) is 11.8 Å². The zero-order valence-corrected chi connectivity index (χ0v) is 10.1. The van der Waals surface area contributed by atoms with Crippen molar-refractivity contribution in [2.75, 3.05) is 0 Å². The molecule has 0 N–H and O–H groups in total. The van der Waals surface area contributed by atoms with Crippen molar-refractivity contribution in [2.45, 2.75) is 26.1 Å². The van der Waals surface area contributed by atoms with Crippen LogP contribution < -0.4 is 9.47 Å². The van der Waals surface area contributed by atoms with Gasteiger partial charge < -0.3 is 9.47 Å². The Morgan fingerprint density at radius 2 is 1.89 bits per heavy atom. The third kappa shape index (κ3) is 5.82. The first kappa shape index (κ1) is 14.9. The van der Waals surface area contributed by atoms with E-state index in [9.17, 15) is 18.0 Å². The molecule has 6 heteroatoms. The molecule has 0 aliphatic carbocycles. The minimum Gasteiger partial charge on any atom is -0.413 e. The molecule has 0 unspecified atom stereocenters. The van der Waals surface area contributed by atoms with Crippen LogP contribution in [0.25, 0.3) is 0 Å².